The van der Waals surface area contributed by atoms with E-state index in [0.29, 0.717) is 5.69 Å². The van der Waals surface area contributed by atoms with E-state index >= 15 is 0 Å². The van der Waals surface area contributed by atoms with Crippen molar-refractivity contribution in [3.63, 3.8) is 0 Å². The minimum Gasteiger partial charge on any atom is -0.323 e. The number of rotatable bonds is 7. The van der Waals surface area contributed by atoms with Crippen LogP contribution in [0.25, 0.3) is 11.0 Å². The molecule has 4 rings (SSSR count). The van der Waals surface area contributed by atoms with Crippen LogP contribution in [0.1, 0.15) is 61.4 Å². The van der Waals surface area contributed by atoms with Gasteiger partial charge in [-0.2, -0.15) is 0 Å². The molecule has 2 heterocycles. The number of hydrogen-bond acceptors (Lipinski definition) is 5. The summed E-state index contributed by atoms with van der Waals surface area (Å²) in [7, 11) is 0. The van der Waals surface area contributed by atoms with Crippen molar-refractivity contribution in [3.8, 4) is 0 Å². The standard InChI is InChI=1S/C27H32N6O/c1-7-19-13-20(10-9-17(19)3)24(27(5,6)26(34)30-21-14-28-16-29-15-21)22-11-12-23-25(18(22)4)31-32-33(23)8-2/h9-16,24H,7-8H2,1-6H3,(H,30,34)/t24-/m0/s1. The van der Waals surface area contributed by atoms with Gasteiger partial charge in [-0.1, -0.05) is 50.3 Å². The molecule has 0 aliphatic heterocycles. The highest BCUT2D eigenvalue weighted by Gasteiger charge is 2.40. The molecule has 1 amide bonds. The highest BCUT2D eigenvalue weighted by atomic mass is 16.2. The average Bonchev–Trinajstić information content (AvgIpc) is 3.26. The van der Waals surface area contributed by atoms with Crippen LogP contribution in [0.2, 0.25) is 0 Å². The van der Waals surface area contributed by atoms with Crippen LogP contribution >= 0.6 is 0 Å². The number of nitrogens with zero attached hydrogens (tertiary/aromatic N) is 5. The molecule has 1 atom stereocenters. The van der Waals surface area contributed by atoms with Crippen LogP contribution < -0.4 is 5.32 Å². The summed E-state index contributed by atoms with van der Waals surface area (Å²) in [5.41, 5.74) is 7.44. The second-order valence-corrected chi connectivity index (χ2v) is 9.33. The zero-order valence-corrected chi connectivity index (χ0v) is 20.8. The third-order valence-electron chi connectivity index (χ3n) is 6.81. The number of benzene rings is 2. The normalized spacial score (nSPS) is 12.6. The number of nitrogens with one attached hydrogen (secondary N) is 1. The SMILES string of the molecule is CCc1cc([C@@H](c2ccc3c(nnn3CC)c2C)C(C)(C)C(=O)Nc2cncnc2)ccc1C. The Morgan fingerprint density at radius 2 is 1.82 bits per heavy atom. The molecule has 0 saturated heterocycles. The van der Waals surface area contributed by atoms with Crippen molar-refractivity contribution in [3.05, 3.63) is 76.9 Å². The predicted octanol–water partition coefficient (Wildman–Crippen LogP) is 5.22. The molecule has 0 aliphatic rings. The minimum atomic E-state index is -0.782. The van der Waals surface area contributed by atoms with Crippen molar-refractivity contribution in [1.82, 2.24) is 25.0 Å². The Hall–Kier alpha value is -3.61. The zero-order valence-electron chi connectivity index (χ0n) is 20.8. The molecule has 0 bridgehead atoms. The summed E-state index contributed by atoms with van der Waals surface area (Å²) in [6.07, 6.45) is 5.60. The first kappa shape index (κ1) is 23.5. The summed E-state index contributed by atoms with van der Waals surface area (Å²) in [5.74, 6) is -0.290. The highest BCUT2D eigenvalue weighted by Crippen LogP contribution is 2.44. The van der Waals surface area contributed by atoms with Gasteiger partial charge in [-0.15, -0.1) is 5.10 Å². The molecule has 2 aromatic carbocycles. The molecular weight excluding hydrogens is 424 g/mol. The van der Waals surface area contributed by atoms with Crippen LogP contribution in [0.3, 0.4) is 0 Å². The van der Waals surface area contributed by atoms with Gasteiger partial charge >= 0.3 is 0 Å². The van der Waals surface area contributed by atoms with E-state index in [0.717, 1.165) is 40.7 Å². The van der Waals surface area contributed by atoms with Crippen molar-refractivity contribution in [2.24, 2.45) is 5.41 Å². The summed E-state index contributed by atoms with van der Waals surface area (Å²) in [6.45, 7) is 13.2. The number of aromatic nitrogens is 5. The quantitative estimate of drug-likeness (QED) is 0.412. The summed E-state index contributed by atoms with van der Waals surface area (Å²) in [4.78, 5) is 21.7. The van der Waals surface area contributed by atoms with E-state index in [9.17, 15) is 4.79 Å². The van der Waals surface area contributed by atoms with E-state index in [1.165, 1.54) is 17.5 Å². The third kappa shape index (κ3) is 4.18. The average molecular weight is 457 g/mol. The van der Waals surface area contributed by atoms with Gasteiger partial charge in [-0.05, 0) is 61.1 Å². The van der Waals surface area contributed by atoms with E-state index in [1.54, 1.807) is 12.4 Å². The van der Waals surface area contributed by atoms with Crippen molar-refractivity contribution >= 4 is 22.6 Å². The van der Waals surface area contributed by atoms with Gasteiger partial charge in [0.2, 0.25) is 5.91 Å². The zero-order chi connectivity index (χ0) is 24.5. The summed E-state index contributed by atoms with van der Waals surface area (Å²) < 4.78 is 1.90. The van der Waals surface area contributed by atoms with Crippen molar-refractivity contribution in [2.75, 3.05) is 5.32 Å². The maximum absolute atomic E-state index is 13.7. The Morgan fingerprint density at radius 3 is 2.50 bits per heavy atom. The maximum atomic E-state index is 13.7. The van der Waals surface area contributed by atoms with Crippen LogP contribution in [0.15, 0.2) is 49.1 Å². The second-order valence-electron chi connectivity index (χ2n) is 9.33. The molecule has 4 aromatic rings. The van der Waals surface area contributed by atoms with Gasteiger partial charge in [0, 0.05) is 12.5 Å². The Bertz CT molecular complexity index is 1330. The molecule has 0 radical (unpaired) electrons. The number of anilines is 1. The molecular formula is C27H32N6O. The highest BCUT2D eigenvalue weighted by molar-refractivity contribution is 5.96. The fraction of sp³-hybridized carbons (Fsp3) is 0.370. The first-order chi connectivity index (χ1) is 16.3. The fourth-order valence-electron chi connectivity index (χ4n) is 4.75. The number of carbonyl (C=O) groups is 1. The van der Waals surface area contributed by atoms with Crippen LogP contribution in [-0.2, 0) is 17.8 Å². The first-order valence-electron chi connectivity index (χ1n) is 11.8. The van der Waals surface area contributed by atoms with Crippen LogP contribution in [0.5, 0.6) is 0 Å². The van der Waals surface area contributed by atoms with Gasteiger partial charge in [-0.3, -0.25) is 4.79 Å². The number of aryl methyl sites for hydroxylation is 4. The van der Waals surface area contributed by atoms with Crippen LogP contribution in [0.4, 0.5) is 5.69 Å². The topological polar surface area (TPSA) is 85.6 Å². The van der Waals surface area contributed by atoms with Gasteiger partial charge in [0.1, 0.15) is 11.8 Å². The number of amides is 1. The lowest BCUT2D eigenvalue weighted by atomic mass is 9.69. The fourth-order valence-corrected chi connectivity index (χ4v) is 4.75. The first-order valence-corrected chi connectivity index (χ1v) is 11.8. The molecule has 0 fully saturated rings. The minimum absolute atomic E-state index is 0.0948. The smallest absolute Gasteiger partial charge is 0.231 e. The molecule has 0 unspecified atom stereocenters. The van der Waals surface area contributed by atoms with Crippen molar-refractivity contribution in [2.45, 2.75) is 60.4 Å². The van der Waals surface area contributed by atoms with E-state index in [4.69, 9.17) is 0 Å². The molecule has 0 spiro atoms. The van der Waals surface area contributed by atoms with Crippen LogP contribution in [0, 0.1) is 19.3 Å². The van der Waals surface area contributed by atoms with E-state index in [1.807, 2.05) is 18.5 Å². The molecule has 7 heteroatoms. The lowest BCUT2D eigenvalue weighted by Gasteiger charge is -2.35. The molecule has 176 valence electrons. The molecule has 7 nitrogen and oxygen atoms in total. The van der Waals surface area contributed by atoms with Crippen LogP contribution in [-0.4, -0.2) is 30.9 Å². The van der Waals surface area contributed by atoms with E-state index in [-0.39, 0.29) is 11.8 Å². The summed E-state index contributed by atoms with van der Waals surface area (Å²) in [6, 6.07) is 10.7. The van der Waals surface area contributed by atoms with E-state index < -0.39 is 5.41 Å². The Labute approximate surface area is 200 Å². The second kappa shape index (κ2) is 9.33. The number of carbonyl (C=O) groups excluding carboxylic acids is 1. The lowest BCUT2D eigenvalue weighted by Crippen LogP contribution is -2.37. The van der Waals surface area contributed by atoms with Gasteiger partial charge in [0.05, 0.1) is 29.0 Å². The number of hydrogen-bond donors (Lipinski definition) is 1. The van der Waals surface area contributed by atoms with Gasteiger partial charge in [-0.25, -0.2) is 14.6 Å². The van der Waals surface area contributed by atoms with Gasteiger partial charge in [0.15, 0.2) is 0 Å². The summed E-state index contributed by atoms with van der Waals surface area (Å²) >= 11 is 0. The molecule has 1 N–H and O–H groups in total. The van der Waals surface area contributed by atoms with Crippen molar-refractivity contribution in [1.29, 1.82) is 0 Å². The monoisotopic (exact) mass is 456 g/mol. The van der Waals surface area contributed by atoms with Gasteiger partial charge < -0.3 is 5.32 Å². The molecule has 0 saturated carbocycles. The largest absolute Gasteiger partial charge is 0.323 e. The lowest BCUT2D eigenvalue weighted by molar-refractivity contribution is -0.124. The Kier molecular flexibility index (Phi) is 6.46. The van der Waals surface area contributed by atoms with Crippen molar-refractivity contribution < 1.29 is 4.79 Å². The van der Waals surface area contributed by atoms with Gasteiger partial charge in [0.25, 0.3) is 0 Å². The Morgan fingerprint density at radius 1 is 1.09 bits per heavy atom. The number of fused-ring (bicyclic) bond motifs is 1. The Balaban J connectivity index is 1.88. The molecule has 34 heavy (non-hydrogen) atoms. The molecule has 2 aromatic heterocycles. The summed E-state index contributed by atoms with van der Waals surface area (Å²) in [5, 5.41) is 11.8. The van der Waals surface area contributed by atoms with E-state index in [2.05, 4.69) is 83.6 Å². The maximum Gasteiger partial charge on any atom is 0.231 e. The molecule has 0 aliphatic carbocycles. The third-order valence-corrected chi connectivity index (χ3v) is 6.81. The predicted molar refractivity (Wildman–Crippen MR) is 135 cm³/mol.